The smallest absolute Gasteiger partial charge is 0.108 e. The fraction of sp³-hybridized carbons (Fsp3) is 0.417. The van der Waals surface area contributed by atoms with Crippen LogP contribution in [0.5, 0.6) is 0 Å². The molecule has 0 aliphatic carbocycles. The second-order valence-electron chi connectivity index (χ2n) is 4.03. The highest BCUT2D eigenvalue weighted by molar-refractivity contribution is 6.06. The molecule has 1 atom stereocenters. The van der Waals surface area contributed by atoms with E-state index in [1.807, 2.05) is 0 Å². The summed E-state index contributed by atoms with van der Waals surface area (Å²) in [5, 5.41) is 3.43. The van der Waals surface area contributed by atoms with Gasteiger partial charge >= 0.3 is 0 Å². The zero-order chi connectivity index (χ0) is 9.38. The summed E-state index contributed by atoms with van der Waals surface area (Å²) in [7, 11) is 0. The van der Waals surface area contributed by atoms with E-state index < -0.39 is 0 Å². The second-order valence-corrected chi connectivity index (χ2v) is 4.03. The maximum atomic E-state index is 4.61. The first-order chi connectivity index (χ1) is 6.95. The van der Waals surface area contributed by atoms with Gasteiger partial charge < -0.3 is 5.32 Å². The average molecular weight is 186 g/mol. The molecule has 0 radical (unpaired) electrons. The molecule has 14 heavy (non-hydrogen) atoms. The van der Waals surface area contributed by atoms with Crippen LogP contribution in [-0.4, -0.2) is 12.4 Å². The largest absolute Gasteiger partial charge is 0.343 e. The van der Waals surface area contributed by atoms with Crippen molar-refractivity contribution in [3.8, 4) is 0 Å². The number of amidine groups is 1. The summed E-state index contributed by atoms with van der Waals surface area (Å²) in [5.74, 6) is 1.75. The van der Waals surface area contributed by atoms with Crippen molar-refractivity contribution in [3.63, 3.8) is 0 Å². The van der Waals surface area contributed by atoms with E-state index >= 15 is 0 Å². The Hall–Kier alpha value is -1.31. The summed E-state index contributed by atoms with van der Waals surface area (Å²) in [6, 6.07) is 8.57. The summed E-state index contributed by atoms with van der Waals surface area (Å²) >= 11 is 0. The number of aliphatic imine (C=N–C) groups is 1. The molecule has 72 valence electrons. The van der Waals surface area contributed by atoms with Crippen LogP contribution >= 0.6 is 0 Å². The highest BCUT2D eigenvalue weighted by atomic mass is 15.0. The van der Waals surface area contributed by atoms with E-state index in [1.54, 1.807) is 0 Å². The van der Waals surface area contributed by atoms with Crippen LogP contribution in [0.4, 0.5) is 5.69 Å². The maximum absolute atomic E-state index is 4.61. The first-order valence-corrected chi connectivity index (χ1v) is 5.35. The summed E-state index contributed by atoms with van der Waals surface area (Å²) in [5.41, 5.74) is 2.70. The number of rotatable bonds is 0. The summed E-state index contributed by atoms with van der Waals surface area (Å²) in [4.78, 5) is 4.61. The first-order valence-electron chi connectivity index (χ1n) is 5.35. The van der Waals surface area contributed by atoms with Gasteiger partial charge in [-0.3, -0.25) is 4.99 Å². The molecule has 0 bridgehead atoms. The molecule has 0 saturated carbocycles. The topological polar surface area (TPSA) is 24.4 Å². The lowest BCUT2D eigenvalue weighted by Gasteiger charge is -2.07. The second kappa shape index (κ2) is 3.12. The Morgan fingerprint density at radius 3 is 3.14 bits per heavy atom. The highest BCUT2D eigenvalue weighted by Gasteiger charge is 2.28. The Morgan fingerprint density at radius 1 is 1.21 bits per heavy atom. The van der Waals surface area contributed by atoms with Crippen molar-refractivity contribution in [2.45, 2.75) is 25.2 Å². The van der Waals surface area contributed by atoms with E-state index in [0.29, 0.717) is 5.92 Å². The zero-order valence-corrected chi connectivity index (χ0v) is 8.16. The third kappa shape index (κ3) is 1.14. The molecule has 2 aliphatic heterocycles. The predicted molar refractivity (Wildman–Crippen MR) is 59.0 cm³/mol. The number of hydrogen-bond donors (Lipinski definition) is 1. The van der Waals surface area contributed by atoms with Crippen molar-refractivity contribution < 1.29 is 0 Å². The van der Waals surface area contributed by atoms with Gasteiger partial charge in [-0.2, -0.15) is 0 Å². The van der Waals surface area contributed by atoms with Gasteiger partial charge in [-0.25, -0.2) is 0 Å². The van der Waals surface area contributed by atoms with E-state index in [1.165, 1.54) is 36.3 Å². The molecule has 1 N–H and O–H groups in total. The molecule has 2 heterocycles. The van der Waals surface area contributed by atoms with Crippen LogP contribution in [-0.2, 0) is 0 Å². The minimum absolute atomic E-state index is 0.550. The first kappa shape index (κ1) is 8.04. The van der Waals surface area contributed by atoms with E-state index in [-0.39, 0.29) is 0 Å². The van der Waals surface area contributed by atoms with Crippen LogP contribution in [0, 0.1) is 0 Å². The fourth-order valence-corrected chi connectivity index (χ4v) is 2.39. The van der Waals surface area contributed by atoms with Gasteiger partial charge in [0.15, 0.2) is 0 Å². The van der Waals surface area contributed by atoms with Crippen molar-refractivity contribution in [2.24, 2.45) is 4.99 Å². The number of fused-ring (bicyclic) bond motifs is 3. The maximum Gasteiger partial charge on any atom is 0.108 e. The number of benzene rings is 1. The molecule has 0 spiro atoms. The van der Waals surface area contributed by atoms with Gasteiger partial charge in [0.1, 0.15) is 5.84 Å². The number of para-hydroxylation sites is 1. The van der Waals surface area contributed by atoms with E-state index in [0.717, 1.165) is 6.54 Å². The lowest BCUT2D eigenvalue weighted by molar-refractivity contribution is 0.691. The van der Waals surface area contributed by atoms with E-state index in [2.05, 4.69) is 34.6 Å². The normalized spacial score (nSPS) is 24.3. The molecule has 2 nitrogen and oxygen atoms in total. The zero-order valence-electron chi connectivity index (χ0n) is 8.16. The fourth-order valence-electron chi connectivity index (χ4n) is 2.39. The van der Waals surface area contributed by atoms with Crippen molar-refractivity contribution >= 4 is 11.5 Å². The number of anilines is 1. The molecule has 0 saturated heterocycles. The lowest BCUT2D eigenvalue weighted by atomic mass is 9.95. The van der Waals surface area contributed by atoms with Crippen LogP contribution in [0.15, 0.2) is 29.3 Å². The van der Waals surface area contributed by atoms with E-state index in [4.69, 9.17) is 0 Å². The van der Waals surface area contributed by atoms with Crippen LogP contribution in [0.3, 0.4) is 0 Å². The van der Waals surface area contributed by atoms with Crippen molar-refractivity contribution in [3.05, 3.63) is 29.8 Å². The van der Waals surface area contributed by atoms with E-state index in [9.17, 15) is 0 Å². The number of nitrogens with zero attached hydrogens (tertiary/aromatic N) is 1. The van der Waals surface area contributed by atoms with Gasteiger partial charge in [-0.05, 0) is 24.5 Å². The van der Waals surface area contributed by atoms with Crippen molar-refractivity contribution in [1.82, 2.24) is 0 Å². The van der Waals surface area contributed by atoms with Gasteiger partial charge in [0.05, 0.1) is 0 Å². The van der Waals surface area contributed by atoms with Crippen molar-refractivity contribution in [1.29, 1.82) is 0 Å². The minimum Gasteiger partial charge on any atom is -0.343 e. The minimum atomic E-state index is 0.550. The van der Waals surface area contributed by atoms with Gasteiger partial charge in [-0.1, -0.05) is 24.6 Å². The summed E-state index contributed by atoms with van der Waals surface area (Å²) < 4.78 is 0. The van der Waals surface area contributed by atoms with Gasteiger partial charge in [-0.15, -0.1) is 0 Å². The molecule has 1 unspecified atom stereocenters. The SMILES string of the molecule is c1ccc2c(c1)NC1=NCCCCC12. The number of hydrogen-bond acceptors (Lipinski definition) is 2. The monoisotopic (exact) mass is 186 g/mol. The molecule has 2 aliphatic rings. The molecule has 1 aromatic rings. The average Bonchev–Trinajstić information content (AvgIpc) is 2.42. The lowest BCUT2D eigenvalue weighted by Crippen LogP contribution is -2.11. The van der Waals surface area contributed by atoms with Crippen LogP contribution < -0.4 is 5.32 Å². The van der Waals surface area contributed by atoms with Crippen LogP contribution in [0.25, 0.3) is 0 Å². The van der Waals surface area contributed by atoms with Gasteiger partial charge in [0.2, 0.25) is 0 Å². The van der Waals surface area contributed by atoms with Crippen LogP contribution in [0.1, 0.15) is 30.7 Å². The molecule has 0 fully saturated rings. The quantitative estimate of drug-likeness (QED) is 0.662. The Balaban J connectivity index is 2.05. The Bertz CT molecular complexity index is 382. The Kier molecular flexibility index (Phi) is 1.79. The molecule has 2 heteroatoms. The van der Waals surface area contributed by atoms with Gasteiger partial charge in [0, 0.05) is 18.2 Å². The van der Waals surface area contributed by atoms with Gasteiger partial charge in [0.25, 0.3) is 0 Å². The molecule has 0 aromatic heterocycles. The summed E-state index contributed by atoms with van der Waals surface area (Å²) in [6.45, 7) is 0.993. The molecular formula is C12H14N2. The molecular weight excluding hydrogens is 172 g/mol. The highest BCUT2D eigenvalue weighted by Crippen LogP contribution is 2.37. The molecule has 0 amide bonds. The molecule has 3 rings (SSSR count). The predicted octanol–water partition coefficient (Wildman–Crippen LogP) is 2.78. The third-order valence-electron chi connectivity index (χ3n) is 3.11. The Labute approximate surface area is 84.1 Å². The van der Waals surface area contributed by atoms with Crippen LogP contribution in [0.2, 0.25) is 0 Å². The molecule has 1 aromatic carbocycles. The standard InChI is InChI=1S/C12H14N2/c1-2-7-11-9(5-1)10-6-3-4-8-13-12(10)14-11/h1-2,5,7,10H,3-4,6,8H2,(H,13,14). The summed E-state index contributed by atoms with van der Waals surface area (Å²) in [6.07, 6.45) is 3.79. The Morgan fingerprint density at radius 2 is 2.14 bits per heavy atom. The number of nitrogens with one attached hydrogen (secondary N) is 1. The third-order valence-corrected chi connectivity index (χ3v) is 3.11. The van der Waals surface area contributed by atoms with Crippen molar-refractivity contribution in [2.75, 3.05) is 11.9 Å².